The first-order chi connectivity index (χ1) is 14.6. The Morgan fingerprint density at radius 2 is 1.61 bits per heavy atom. The molecule has 2 aromatic carbocycles. The van der Waals surface area contributed by atoms with Crippen LogP contribution in [0.1, 0.15) is 38.3 Å². The van der Waals surface area contributed by atoms with Crippen LogP contribution in [-0.4, -0.2) is 30.1 Å². The van der Waals surface area contributed by atoms with Crippen molar-refractivity contribution in [2.24, 2.45) is 0 Å². The van der Waals surface area contributed by atoms with Crippen molar-refractivity contribution in [2.45, 2.75) is 39.7 Å². The number of alkyl carbamates (subject to hydrolysis) is 1. The average molecular weight is 424 g/mol. The van der Waals surface area contributed by atoms with E-state index in [0.29, 0.717) is 11.4 Å². The van der Waals surface area contributed by atoms with Crippen LogP contribution in [0, 0.1) is 6.92 Å². The average Bonchev–Trinajstić information content (AvgIpc) is 2.66. The van der Waals surface area contributed by atoms with Gasteiger partial charge in [0.05, 0.1) is 0 Å². The summed E-state index contributed by atoms with van der Waals surface area (Å²) < 4.78 is 5.12. The highest BCUT2D eigenvalue weighted by Crippen LogP contribution is 2.15. The van der Waals surface area contributed by atoms with Crippen molar-refractivity contribution >= 4 is 35.4 Å². The van der Waals surface area contributed by atoms with Crippen molar-refractivity contribution in [1.29, 1.82) is 0 Å². The summed E-state index contributed by atoms with van der Waals surface area (Å²) in [6, 6.07) is 14.7. The third kappa shape index (κ3) is 9.62. The predicted octanol–water partition coefficient (Wildman–Crippen LogP) is 4.50. The molecule has 164 valence electrons. The number of anilines is 2. The fourth-order valence-corrected chi connectivity index (χ4v) is 2.52. The maximum atomic E-state index is 12.2. The number of hydrogen-bond donors (Lipinski definition) is 3. The van der Waals surface area contributed by atoms with Crippen LogP contribution in [0.2, 0.25) is 0 Å². The molecule has 0 saturated carbocycles. The first-order valence-electron chi connectivity index (χ1n) is 10.0. The molecule has 0 aliphatic carbocycles. The molecule has 0 aliphatic heterocycles. The van der Waals surface area contributed by atoms with Gasteiger partial charge < -0.3 is 20.7 Å². The number of ether oxygens (including phenoxy) is 1. The van der Waals surface area contributed by atoms with Crippen molar-refractivity contribution in [3.8, 4) is 0 Å². The minimum absolute atomic E-state index is 0.0924. The highest BCUT2D eigenvalue weighted by atomic mass is 16.6. The standard InChI is InChI=1S/C24H29N3O4/c1-17-8-10-18(11-9-17)12-13-21(28)26-19-6-5-7-20(16-19)27-22(29)14-15-25-23(30)31-24(2,3)4/h5-13,16H,14-15H2,1-4H3,(H,25,30)(H,26,28)(H,27,29)/b13-12+. The molecule has 7 heteroatoms. The number of rotatable bonds is 7. The van der Waals surface area contributed by atoms with E-state index in [1.165, 1.54) is 6.08 Å². The van der Waals surface area contributed by atoms with Gasteiger partial charge in [-0.3, -0.25) is 9.59 Å². The van der Waals surface area contributed by atoms with Crippen molar-refractivity contribution in [1.82, 2.24) is 5.32 Å². The van der Waals surface area contributed by atoms with Gasteiger partial charge in [0.15, 0.2) is 0 Å². The van der Waals surface area contributed by atoms with E-state index in [4.69, 9.17) is 4.74 Å². The number of aryl methyl sites for hydroxylation is 1. The fraction of sp³-hybridized carbons (Fsp3) is 0.292. The second-order valence-electron chi connectivity index (χ2n) is 8.04. The molecule has 0 heterocycles. The van der Waals surface area contributed by atoms with E-state index in [1.54, 1.807) is 51.1 Å². The Bertz CT molecular complexity index is 944. The summed E-state index contributed by atoms with van der Waals surface area (Å²) in [5.74, 6) is -0.538. The van der Waals surface area contributed by atoms with Gasteiger partial charge >= 0.3 is 6.09 Å². The highest BCUT2D eigenvalue weighted by molar-refractivity contribution is 6.02. The third-order valence-electron chi connectivity index (χ3n) is 3.94. The number of nitrogens with one attached hydrogen (secondary N) is 3. The van der Waals surface area contributed by atoms with Crippen LogP contribution < -0.4 is 16.0 Å². The van der Waals surface area contributed by atoms with Crippen molar-refractivity contribution in [3.05, 3.63) is 65.7 Å². The zero-order chi connectivity index (χ0) is 22.9. The molecule has 2 rings (SSSR count). The Hall–Kier alpha value is -3.61. The fourth-order valence-electron chi connectivity index (χ4n) is 2.52. The first-order valence-corrected chi connectivity index (χ1v) is 10.0. The van der Waals surface area contributed by atoms with Gasteiger partial charge in [-0.2, -0.15) is 0 Å². The Kier molecular flexibility index (Phi) is 8.37. The smallest absolute Gasteiger partial charge is 0.407 e. The van der Waals surface area contributed by atoms with E-state index in [9.17, 15) is 14.4 Å². The molecule has 0 aromatic heterocycles. The molecule has 3 amide bonds. The molecule has 0 fully saturated rings. The van der Waals surface area contributed by atoms with E-state index in [2.05, 4.69) is 16.0 Å². The minimum Gasteiger partial charge on any atom is -0.444 e. The van der Waals surface area contributed by atoms with Crippen LogP contribution in [0.3, 0.4) is 0 Å². The molecule has 2 aromatic rings. The Balaban J connectivity index is 1.81. The minimum atomic E-state index is -0.591. The lowest BCUT2D eigenvalue weighted by molar-refractivity contribution is -0.116. The Morgan fingerprint density at radius 1 is 0.968 bits per heavy atom. The molecule has 3 N–H and O–H groups in total. The topological polar surface area (TPSA) is 96.5 Å². The number of carbonyl (C=O) groups is 3. The summed E-state index contributed by atoms with van der Waals surface area (Å²) in [6.45, 7) is 7.46. The number of amides is 3. The molecular formula is C24H29N3O4. The zero-order valence-electron chi connectivity index (χ0n) is 18.3. The summed E-state index contributed by atoms with van der Waals surface area (Å²) in [5, 5.41) is 8.04. The van der Waals surface area contributed by atoms with Crippen LogP contribution in [0.25, 0.3) is 6.08 Å². The quantitative estimate of drug-likeness (QED) is 0.571. The Morgan fingerprint density at radius 3 is 2.26 bits per heavy atom. The van der Waals surface area contributed by atoms with Crippen LogP contribution in [0.4, 0.5) is 16.2 Å². The molecular weight excluding hydrogens is 394 g/mol. The molecule has 0 unspecified atom stereocenters. The van der Waals surface area contributed by atoms with Gasteiger partial charge in [-0.25, -0.2) is 4.79 Å². The van der Waals surface area contributed by atoms with Crippen LogP contribution in [-0.2, 0) is 14.3 Å². The highest BCUT2D eigenvalue weighted by Gasteiger charge is 2.15. The summed E-state index contributed by atoms with van der Waals surface area (Å²) in [5.41, 5.74) is 2.60. The lowest BCUT2D eigenvalue weighted by Crippen LogP contribution is -2.34. The predicted molar refractivity (Wildman–Crippen MR) is 123 cm³/mol. The lowest BCUT2D eigenvalue weighted by atomic mass is 10.1. The SMILES string of the molecule is Cc1ccc(/C=C/C(=O)Nc2cccc(NC(=O)CCNC(=O)OC(C)(C)C)c2)cc1. The van der Waals surface area contributed by atoms with Gasteiger partial charge in [0.1, 0.15) is 5.60 Å². The van der Waals surface area contributed by atoms with Gasteiger partial charge in [-0.1, -0.05) is 35.9 Å². The number of benzene rings is 2. The van der Waals surface area contributed by atoms with Gasteiger partial charge in [-0.15, -0.1) is 0 Å². The third-order valence-corrected chi connectivity index (χ3v) is 3.94. The molecule has 0 spiro atoms. The first kappa shape index (κ1) is 23.7. The van der Waals surface area contributed by atoms with Gasteiger partial charge in [0.2, 0.25) is 11.8 Å². The van der Waals surface area contributed by atoms with E-state index < -0.39 is 11.7 Å². The van der Waals surface area contributed by atoms with Crippen molar-refractivity contribution < 1.29 is 19.1 Å². The molecule has 31 heavy (non-hydrogen) atoms. The normalized spacial score (nSPS) is 11.1. The van der Waals surface area contributed by atoms with Crippen LogP contribution in [0.15, 0.2) is 54.6 Å². The summed E-state index contributed by atoms with van der Waals surface area (Å²) in [6.07, 6.45) is 2.72. The monoisotopic (exact) mass is 423 g/mol. The van der Waals surface area contributed by atoms with E-state index in [-0.39, 0.29) is 24.8 Å². The second kappa shape index (κ2) is 11.0. The van der Waals surface area contributed by atoms with Crippen LogP contribution >= 0.6 is 0 Å². The van der Waals surface area contributed by atoms with Crippen molar-refractivity contribution in [3.63, 3.8) is 0 Å². The molecule has 0 aliphatic rings. The summed E-state index contributed by atoms with van der Waals surface area (Å²) in [4.78, 5) is 35.8. The van der Waals surface area contributed by atoms with E-state index in [1.807, 2.05) is 31.2 Å². The van der Waals surface area contributed by atoms with E-state index >= 15 is 0 Å². The molecule has 0 saturated heterocycles. The maximum Gasteiger partial charge on any atom is 0.407 e. The molecule has 0 bridgehead atoms. The zero-order valence-corrected chi connectivity index (χ0v) is 18.3. The molecule has 7 nitrogen and oxygen atoms in total. The largest absolute Gasteiger partial charge is 0.444 e. The Labute approximate surface area is 182 Å². The van der Waals surface area contributed by atoms with Crippen LogP contribution in [0.5, 0.6) is 0 Å². The van der Waals surface area contributed by atoms with Gasteiger partial charge in [0, 0.05) is 30.4 Å². The van der Waals surface area contributed by atoms with E-state index in [0.717, 1.165) is 11.1 Å². The van der Waals surface area contributed by atoms with Gasteiger partial charge in [-0.05, 0) is 57.5 Å². The maximum absolute atomic E-state index is 12.2. The lowest BCUT2D eigenvalue weighted by Gasteiger charge is -2.19. The van der Waals surface area contributed by atoms with Gasteiger partial charge in [0.25, 0.3) is 0 Å². The summed E-state index contributed by atoms with van der Waals surface area (Å²) >= 11 is 0. The number of hydrogen-bond acceptors (Lipinski definition) is 4. The van der Waals surface area contributed by atoms with Crippen molar-refractivity contribution in [2.75, 3.05) is 17.2 Å². The second-order valence-corrected chi connectivity index (χ2v) is 8.04. The molecule has 0 atom stereocenters. The molecule has 0 radical (unpaired) electrons. The number of carbonyl (C=O) groups excluding carboxylic acids is 3. The summed E-state index contributed by atoms with van der Waals surface area (Å²) in [7, 11) is 0.